The van der Waals surface area contributed by atoms with Gasteiger partial charge < -0.3 is 9.55 Å². The summed E-state index contributed by atoms with van der Waals surface area (Å²) in [6.07, 6.45) is 1.79. The first-order valence-electron chi connectivity index (χ1n) is 19.7. The molecule has 0 spiro atoms. The van der Waals surface area contributed by atoms with E-state index in [2.05, 4.69) is 186 Å². The van der Waals surface area contributed by atoms with Crippen molar-refractivity contribution in [3.05, 3.63) is 223 Å². The SMILES string of the molecule is Cc1cc(-c2ccccc2)c(-n2c(-c3[c-]sc4ccc(-c5cccc6ccccc56)cc34)nc3ccccc32)c(-c2ccccc2)c1.[Ir].[c-]1ccccc1-c1ccccn1. The van der Waals surface area contributed by atoms with Gasteiger partial charge in [0.25, 0.3) is 0 Å². The third-order valence-corrected chi connectivity index (χ3v) is 11.6. The molecule has 11 aromatic rings. The number of aromatic nitrogens is 3. The molecule has 0 aliphatic heterocycles. The average molecular weight is 964 g/mol. The number of para-hydroxylation sites is 2. The molecule has 8 aromatic carbocycles. The van der Waals surface area contributed by atoms with E-state index in [0.717, 1.165) is 44.8 Å². The van der Waals surface area contributed by atoms with Gasteiger partial charge in [0.15, 0.2) is 0 Å². The van der Waals surface area contributed by atoms with Crippen molar-refractivity contribution in [3.63, 3.8) is 0 Å². The molecule has 0 N–H and O–H groups in total. The van der Waals surface area contributed by atoms with E-state index < -0.39 is 0 Å². The molecule has 0 bridgehead atoms. The Hall–Kier alpha value is -6.75. The number of nitrogens with zero attached hydrogens (tertiary/aromatic N) is 3. The summed E-state index contributed by atoms with van der Waals surface area (Å²) in [5.41, 5.74) is 14.5. The Kier molecular flexibility index (Phi) is 11.1. The number of hydrogen-bond acceptors (Lipinski definition) is 3. The Labute approximate surface area is 367 Å². The van der Waals surface area contributed by atoms with Crippen LogP contribution in [0.2, 0.25) is 0 Å². The van der Waals surface area contributed by atoms with Crippen LogP contribution in [0.15, 0.2) is 206 Å². The van der Waals surface area contributed by atoms with Crippen molar-refractivity contribution in [1.82, 2.24) is 14.5 Å². The first kappa shape index (κ1) is 38.8. The van der Waals surface area contributed by atoms with Crippen LogP contribution in [-0.2, 0) is 20.1 Å². The monoisotopic (exact) mass is 964 g/mol. The second kappa shape index (κ2) is 17.2. The Morgan fingerprint density at radius 1 is 0.550 bits per heavy atom. The summed E-state index contributed by atoms with van der Waals surface area (Å²) in [5, 5.41) is 7.36. The summed E-state index contributed by atoms with van der Waals surface area (Å²) in [6.45, 7) is 2.19. The van der Waals surface area contributed by atoms with E-state index in [-0.39, 0.29) is 20.1 Å². The molecule has 0 atom stereocenters. The second-order valence-corrected chi connectivity index (χ2v) is 15.4. The molecule has 5 heteroatoms. The number of thiophene rings is 1. The van der Waals surface area contributed by atoms with Crippen molar-refractivity contribution in [2.45, 2.75) is 6.92 Å². The normalized spacial score (nSPS) is 10.9. The van der Waals surface area contributed by atoms with Crippen LogP contribution in [0.4, 0.5) is 0 Å². The minimum atomic E-state index is 0. The zero-order valence-electron chi connectivity index (χ0n) is 32.7. The van der Waals surface area contributed by atoms with Gasteiger partial charge >= 0.3 is 0 Å². The zero-order valence-corrected chi connectivity index (χ0v) is 35.9. The van der Waals surface area contributed by atoms with Gasteiger partial charge in [-0.15, -0.1) is 41.3 Å². The van der Waals surface area contributed by atoms with Gasteiger partial charge in [0.1, 0.15) is 0 Å². The van der Waals surface area contributed by atoms with E-state index in [0.29, 0.717) is 0 Å². The third kappa shape index (κ3) is 7.51. The molecule has 0 saturated carbocycles. The predicted octanol–water partition coefficient (Wildman–Crippen LogP) is 14.7. The molecule has 60 heavy (non-hydrogen) atoms. The summed E-state index contributed by atoms with van der Waals surface area (Å²) in [7, 11) is 0. The van der Waals surface area contributed by atoms with Gasteiger partial charge in [-0.1, -0.05) is 161 Å². The van der Waals surface area contributed by atoms with Gasteiger partial charge in [-0.3, -0.25) is 16.3 Å². The number of pyridine rings is 1. The fourth-order valence-corrected chi connectivity index (χ4v) is 8.80. The largest absolute Gasteiger partial charge is 0.332 e. The second-order valence-electron chi connectivity index (χ2n) is 14.5. The molecule has 3 aromatic heterocycles. The molecule has 11 rings (SSSR count). The van der Waals surface area contributed by atoms with Gasteiger partial charge in [-0.25, -0.2) is 0 Å². The van der Waals surface area contributed by atoms with Gasteiger partial charge in [-0.2, -0.15) is 0 Å². The molecular weight excluding hydrogens is 927 g/mol. The maximum absolute atomic E-state index is 5.36. The van der Waals surface area contributed by atoms with E-state index in [1.807, 2.05) is 42.5 Å². The standard InChI is InChI=1S/C44H29N2S.C11H8N.Ir/c1-29-25-36(31-13-4-2-5-14-31)43(37(26-29)32-15-6-3-7-16-32)46-41-22-11-10-21-40(41)45-44(46)39-28-47-42-24-23-33(27-38(39)42)35-20-12-18-30-17-8-9-19-34(30)35;1-2-6-10(7-3-1)11-8-4-5-9-12-11;/h2-27H,1H3;1-6,8-9H;/q2*-1;. The number of aryl methyl sites for hydroxylation is 1. The maximum atomic E-state index is 5.36. The van der Waals surface area contributed by atoms with Crippen LogP contribution in [0.5, 0.6) is 0 Å². The van der Waals surface area contributed by atoms with Gasteiger partial charge in [-0.05, 0) is 81.5 Å². The van der Waals surface area contributed by atoms with Crippen LogP contribution in [0, 0.1) is 18.4 Å². The van der Waals surface area contributed by atoms with Crippen LogP contribution in [0.3, 0.4) is 0 Å². The summed E-state index contributed by atoms with van der Waals surface area (Å²) < 4.78 is 3.57. The molecule has 3 nitrogen and oxygen atoms in total. The van der Waals surface area contributed by atoms with Gasteiger partial charge in [0, 0.05) is 37.4 Å². The van der Waals surface area contributed by atoms with Crippen molar-refractivity contribution < 1.29 is 20.1 Å². The molecule has 0 aliphatic carbocycles. The van der Waals surface area contributed by atoms with Gasteiger partial charge in [0.2, 0.25) is 0 Å². The fourth-order valence-electron chi connectivity index (χ4n) is 7.98. The summed E-state index contributed by atoms with van der Waals surface area (Å²) in [4.78, 5) is 9.58. The van der Waals surface area contributed by atoms with Crippen molar-refractivity contribution in [3.8, 4) is 61.7 Å². The third-order valence-electron chi connectivity index (χ3n) is 10.7. The van der Waals surface area contributed by atoms with Crippen molar-refractivity contribution >= 4 is 43.2 Å². The van der Waals surface area contributed by atoms with Crippen LogP contribution >= 0.6 is 11.3 Å². The van der Waals surface area contributed by atoms with Crippen molar-refractivity contribution in [2.24, 2.45) is 0 Å². The first-order chi connectivity index (χ1) is 29.2. The Balaban J connectivity index is 0.000000306. The number of hydrogen-bond donors (Lipinski definition) is 0. The van der Waals surface area contributed by atoms with E-state index in [9.17, 15) is 0 Å². The van der Waals surface area contributed by atoms with Gasteiger partial charge in [0.05, 0.1) is 22.5 Å². The molecule has 0 unspecified atom stereocenters. The first-order valence-corrected chi connectivity index (χ1v) is 20.6. The molecule has 0 saturated heterocycles. The smallest absolute Gasteiger partial charge is 0.0774 e. The molecule has 0 amide bonds. The maximum Gasteiger partial charge on any atom is 0.0774 e. The van der Waals surface area contributed by atoms with Crippen LogP contribution in [-0.4, -0.2) is 14.5 Å². The Morgan fingerprint density at radius 2 is 1.23 bits per heavy atom. The Bertz CT molecular complexity index is 3110. The van der Waals surface area contributed by atoms with E-state index in [1.165, 1.54) is 54.4 Å². The topological polar surface area (TPSA) is 30.7 Å². The Morgan fingerprint density at radius 3 is 1.97 bits per heavy atom. The molecule has 0 fully saturated rings. The summed E-state index contributed by atoms with van der Waals surface area (Å²) >= 11 is 1.66. The van der Waals surface area contributed by atoms with Crippen LogP contribution < -0.4 is 0 Å². The minimum absolute atomic E-state index is 0. The predicted molar refractivity (Wildman–Crippen MR) is 248 cm³/mol. The number of fused-ring (bicyclic) bond motifs is 3. The van der Waals surface area contributed by atoms with Crippen LogP contribution in [0.25, 0.3) is 93.6 Å². The van der Waals surface area contributed by atoms with E-state index >= 15 is 0 Å². The molecular formula is C55H37IrN3S-2. The number of imidazole rings is 1. The summed E-state index contributed by atoms with van der Waals surface area (Å²) in [5.74, 6) is 0.894. The number of rotatable bonds is 6. The fraction of sp³-hybridized carbons (Fsp3) is 0.0182. The van der Waals surface area contributed by atoms with E-state index in [1.54, 1.807) is 17.5 Å². The zero-order chi connectivity index (χ0) is 39.5. The van der Waals surface area contributed by atoms with Crippen LogP contribution in [0.1, 0.15) is 5.56 Å². The minimum Gasteiger partial charge on any atom is -0.332 e. The molecule has 289 valence electrons. The average Bonchev–Trinajstić information content (AvgIpc) is 3.91. The van der Waals surface area contributed by atoms with Crippen molar-refractivity contribution in [2.75, 3.05) is 0 Å². The van der Waals surface area contributed by atoms with E-state index in [4.69, 9.17) is 4.98 Å². The molecule has 1 radical (unpaired) electrons. The van der Waals surface area contributed by atoms with Crippen molar-refractivity contribution in [1.29, 1.82) is 0 Å². The summed E-state index contributed by atoms with van der Waals surface area (Å²) in [6, 6.07) is 73.3. The molecule has 3 heterocycles. The quantitative estimate of drug-likeness (QED) is 0.156. The number of benzene rings is 8. The molecule has 0 aliphatic rings.